The average Bonchev–Trinajstić information content (AvgIpc) is 2.68. The zero-order valence-corrected chi connectivity index (χ0v) is 18.0. The van der Waals surface area contributed by atoms with Crippen LogP contribution in [-0.4, -0.2) is 39.8 Å². The SMILES string of the molecule is CCOc1ccc(N([C@H](CC)C(=O)Nc2ccccc2OCC)S(C)(=O)=O)cc1. The molecule has 0 bridgehead atoms. The molecule has 1 N–H and O–H groups in total. The van der Waals surface area contributed by atoms with E-state index >= 15 is 0 Å². The highest BCUT2D eigenvalue weighted by Gasteiger charge is 2.32. The number of nitrogens with zero attached hydrogens (tertiary/aromatic N) is 1. The van der Waals surface area contributed by atoms with Crippen LogP contribution in [0.5, 0.6) is 11.5 Å². The summed E-state index contributed by atoms with van der Waals surface area (Å²) in [6.45, 7) is 6.45. The van der Waals surface area contributed by atoms with Crippen molar-refractivity contribution in [3.8, 4) is 11.5 Å². The maximum Gasteiger partial charge on any atom is 0.248 e. The number of carbonyl (C=O) groups excluding carboxylic acids is 1. The van der Waals surface area contributed by atoms with E-state index in [0.717, 1.165) is 10.6 Å². The Hall–Kier alpha value is -2.74. The van der Waals surface area contributed by atoms with Crippen molar-refractivity contribution in [1.82, 2.24) is 0 Å². The van der Waals surface area contributed by atoms with Gasteiger partial charge in [0.15, 0.2) is 0 Å². The van der Waals surface area contributed by atoms with E-state index in [-0.39, 0.29) is 0 Å². The van der Waals surface area contributed by atoms with E-state index in [4.69, 9.17) is 9.47 Å². The molecule has 158 valence electrons. The number of ether oxygens (including phenoxy) is 2. The molecule has 0 aliphatic rings. The summed E-state index contributed by atoms with van der Waals surface area (Å²) in [5.74, 6) is 0.733. The second kappa shape index (κ2) is 10.2. The summed E-state index contributed by atoms with van der Waals surface area (Å²) < 4.78 is 37.2. The molecule has 1 amide bonds. The van der Waals surface area contributed by atoms with Gasteiger partial charge in [-0.05, 0) is 56.7 Å². The number of sulfonamides is 1. The van der Waals surface area contributed by atoms with Crippen LogP contribution < -0.4 is 19.1 Å². The van der Waals surface area contributed by atoms with Gasteiger partial charge in [0.1, 0.15) is 17.5 Å². The van der Waals surface area contributed by atoms with E-state index in [9.17, 15) is 13.2 Å². The fourth-order valence-electron chi connectivity index (χ4n) is 2.98. The van der Waals surface area contributed by atoms with Crippen molar-refractivity contribution >= 4 is 27.3 Å². The third-order valence-electron chi connectivity index (χ3n) is 4.18. The first-order valence-electron chi connectivity index (χ1n) is 9.56. The van der Waals surface area contributed by atoms with Crippen LogP contribution >= 0.6 is 0 Å². The zero-order chi connectivity index (χ0) is 21.4. The second-order valence-corrected chi connectivity index (χ2v) is 8.19. The smallest absolute Gasteiger partial charge is 0.248 e. The molecule has 0 saturated carbocycles. The van der Waals surface area contributed by atoms with Crippen LogP contribution in [0.3, 0.4) is 0 Å². The molecule has 0 heterocycles. The summed E-state index contributed by atoms with van der Waals surface area (Å²) in [5, 5.41) is 2.81. The first-order chi connectivity index (χ1) is 13.8. The Bertz CT molecular complexity index is 913. The Labute approximate surface area is 172 Å². The molecule has 2 aromatic rings. The standard InChI is InChI=1S/C21H28N2O5S/c1-5-19(21(24)22-18-10-8-9-11-20(18)28-7-3)23(29(4,25)26)16-12-14-17(15-13-16)27-6-2/h8-15,19H,5-7H2,1-4H3,(H,22,24)/t19-/m1/s1. The summed E-state index contributed by atoms with van der Waals surface area (Å²) in [7, 11) is -3.71. The fourth-order valence-corrected chi connectivity index (χ4v) is 4.20. The number of para-hydroxylation sites is 2. The number of benzene rings is 2. The van der Waals surface area contributed by atoms with Gasteiger partial charge in [-0.15, -0.1) is 0 Å². The third-order valence-corrected chi connectivity index (χ3v) is 5.36. The van der Waals surface area contributed by atoms with Crippen LogP contribution in [0.15, 0.2) is 48.5 Å². The fraction of sp³-hybridized carbons (Fsp3) is 0.381. The topological polar surface area (TPSA) is 84.9 Å². The Morgan fingerprint density at radius 2 is 1.62 bits per heavy atom. The highest BCUT2D eigenvalue weighted by molar-refractivity contribution is 7.92. The normalized spacial score (nSPS) is 12.1. The molecule has 0 spiro atoms. The van der Waals surface area contributed by atoms with Gasteiger partial charge in [0.25, 0.3) is 0 Å². The first kappa shape index (κ1) is 22.5. The molecule has 0 saturated heterocycles. The van der Waals surface area contributed by atoms with Crippen molar-refractivity contribution in [2.24, 2.45) is 0 Å². The van der Waals surface area contributed by atoms with Crippen LogP contribution in [0.25, 0.3) is 0 Å². The summed E-state index contributed by atoms with van der Waals surface area (Å²) in [6, 6.07) is 12.8. The monoisotopic (exact) mass is 420 g/mol. The van der Waals surface area contributed by atoms with E-state index in [2.05, 4.69) is 5.32 Å². The molecule has 2 aromatic carbocycles. The molecule has 0 radical (unpaired) electrons. The maximum atomic E-state index is 13.0. The van der Waals surface area contributed by atoms with Gasteiger partial charge >= 0.3 is 0 Å². The van der Waals surface area contributed by atoms with Crippen molar-refractivity contribution in [2.45, 2.75) is 33.2 Å². The molecule has 7 nitrogen and oxygen atoms in total. The lowest BCUT2D eigenvalue weighted by Crippen LogP contribution is -2.47. The number of anilines is 2. The molecule has 0 aliphatic carbocycles. The minimum atomic E-state index is -3.71. The van der Waals surface area contributed by atoms with Gasteiger partial charge in [0.05, 0.1) is 30.8 Å². The van der Waals surface area contributed by atoms with Gasteiger partial charge in [0.2, 0.25) is 15.9 Å². The Morgan fingerprint density at radius 3 is 2.17 bits per heavy atom. The molecular weight excluding hydrogens is 392 g/mol. The van der Waals surface area contributed by atoms with Gasteiger partial charge in [-0.1, -0.05) is 19.1 Å². The van der Waals surface area contributed by atoms with Crippen LogP contribution in [0.1, 0.15) is 27.2 Å². The number of nitrogens with one attached hydrogen (secondary N) is 1. The maximum absolute atomic E-state index is 13.0. The quantitative estimate of drug-likeness (QED) is 0.634. The van der Waals surface area contributed by atoms with Crippen LogP contribution in [0.4, 0.5) is 11.4 Å². The van der Waals surface area contributed by atoms with Crippen molar-refractivity contribution in [1.29, 1.82) is 0 Å². The lowest BCUT2D eigenvalue weighted by atomic mass is 10.1. The summed E-state index contributed by atoms with van der Waals surface area (Å²) >= 11 is 0. The van der Waals surface area contributed by atoms with E-state index in [1.165, 1.54) is 0 Å². The zero-order valence-electron chi connectivity index (χ0n) is 17.2. The molecule has 0 aromatic heterocycles. The number of hydrogen-bond acceptors (Lipinski definition) is 5. The average molecular weight is 421 g/mol. The molecule has 0 aliphatic heterocycles. The Balaban J connectivity index is 2.35. The van der Waals surface area contributed by atoms with Gasteiger partial charge < -0.3 is 14.8 Å². The van der Waals surface area contributed by atoms with Crippen LogP contribution in [0, 0.1) is 0 Å². The third kappa shape index (κ3) is 5.87. The van der Waals surface area contributed by atoms with E-state index < -0.39 is 22.0 Å². The Kier molecular flexibility index (Phi) is 7.90. The molecule has 8 heteroatoms. The number of rotatable bonds is 10. The lowest BCUT2D eigenvalue weighted by molar-refractivity contribution is -0.117. The highest BCUT2D eigenvalue weighted by atomic mass is 32.2. The number of hydrogen-bond donors (Lipinski definition) is 1. The molecule has 0 fully saturated rings. The first-order valence-corrected chi connectivity index (χ1v) is 11.4. The predicted octanol–water partition coefficient (Wildman–Crippen LogP) is 3.67. The van der Waals surface area contributed by atoms with E-state index in [1.54, 1.807) is 55.5 Å². The minimum absolute atomic E-state index is 0.295. The van der Waals surface area contributed by atoms with Crippen molar-refractivity contribution in [2.75, 3.05) is 29.1 Å². The summed E-state index contributed by atoms with van der Waals surface area (Å²) in [6.07, 6.45) is 1.39. The second-order valence-electron chi connectivity index (χ2n) is 6.33. The minimum Gasteiger partial charge on any atom is -0.494 e. The summed E-state index contributed by atoms with van der Waals surface area (Å²) in [5.41, 5.74) is 0.897. The van der Waals surface area contributed by atoms with Gasteiger partial charge in [0, 0.05) is 0 Å². The van der Waals surface area contributed by atoms with Gasteiger partial charge in [-0.25, -0.2) is 8.42 Å². The number of amides is 1. The van der Waals surface area contributed by atoms with Gasteiger partial charge in [-0.2, -0.15) is 0 Å². The highest BCUT2D eigenvalue weighted by Crippen LogP contribution is 2.28. The number of carbonyl (C=O) groups is 1. The van der Waals surface area contributed by atoms with Crippen LogP contribution in [0.2, 0.25) is 0 Å². The molecule has 2 rings (SSSR count). The van der Waals surface area contributed by atoms with Gasteiger partial charge in [-0.3, -0.25) is 9.10 Å². The molecular formula is C21H28N2O5S. The summed E-state index contributed by atoms with van der Waals surface area (Å²) in [4.78, 5) is 13.0. The molecule has 1 atom stereocenters. The largest absolute Gasteiger partial charge is 0.494 e. The van der Waals surface area contributed by atoms with E-state index in [1.807, 2.05) is 13.8 Å². The molecule has 29 heavy (non-hydrogen) atoms. The van der Waals surface area contributed by atoms with Crippen molar-refractivity contribution in [3.63, 3.8) is 0 Å². The lowest BCUT2D eigenvalue weighted by Gasteiger charge is -2.30. The predicted molar refractivity (Wildman–Crippen MR) is 115 cm³/mol. The Morgan fingerprint density at radius 1 is 1.00 bits per heavy atom. The van der Waals surface area contributed by atoms with Crippen LogP contribution in [-0.2, 0) is 14.8 Å². The van der Waals surface area contributed by atoms with Crippen molar-refractivity contribution in [3.05, 3.63) is 48.5 Å². The van der Waals surface area contributed by atoms with E-state index in [0.29, 0.717) is 42.5 Å². The molecule has 0 unspecified atom stereocenters. The van der Waals surface area contributed by atoms with Crippen molar-refractivity contribution < 1.29 is 22.7 Å².